The van der Waals surface area contributed by atoms with E-state index in [1.807, 2.05) is 54.6 Å². The summed E-state index contributed by atoms with van der Waals surface area (Å²) in [5, 5.41) is 11.7. The van der Waals surface area contributed by atoms with Crippen molar-refractivity contribution in [3.05, 3.63) is 248 Å². The molecule has 0 saturated heterocycles. The van der Waals surface area contributed by atoms with Gasteiger partial charge in [-0.1, -0.05) is 167 Å². The zero-order valence-corrected chi connectivity index (χ0v) is 44.4. The molecular formula is C61H40ClFN6O7S3. The van der Waals surface area contributed by atoms with Gasteiger partial charge in [-0.05, 0) is 54.1 Å². The van der Waals surface area contributed by atoms with Gasteiger partial charge in [0.05, 0.1) is 30.4 Å². The largest absolute Gasteiger partial charge is 0.467 e. The van der Waals surface area contributed by atoms with Crippen LogP contribution in [-0.2, 0) is 19.6 Å². The first-order chi connectivity index (χ1) is 38.7. The molecule has 0 radical (unpaired) electrons. The van der Waals surface area contributed by atoms with E-state index in [1.165, 1.54) is 28.7 Å². The molecule has 0 amide bonds. The van der Waals surface area contributed by atoms with Crippen LogP contribution < -0.4 is 16.0 Å². The molecule has 7 heterocycles. The van der Waals surface area contributed by atoms with Crippen molar-refractivity contribution in [1.29, 1.82) is 0 Å². The van der Waals surface area contributed by atoms with Gasteiger partial charge < -0.3 is 33.6 Å². The minimum absolute atomic E-state index is 0.0364. The molecule has 3 N–H and O–H groups in total. The van der Waals surface area contributed by atoms with E-state index in [9.17, 15) is 14.4 Å². The molecule has 5 aromatic carbocycles. The molecule has 12 rings (SSSR count). The average Bonchev–Trinajstić information content (AvgIpc) is 4.45. The lowest BCUT2D eigenvalue weighted by molar-refractivity contribution is 0.103. The third-order valence-electron chi connectivity index (χ3n) is 12.6. The Bertz CT molecular complexity index is 4130. The van der Waals surface area contributed by atoms with Crippen LogP contribution in [0.4, 0.5) is 19.8 Å². The number of nitrogens with one attached hydrogen (secondary N) is 3. The van der Waals surface area contributed by atoms with Crippen LogP contribution in [0.1, 0.15) is 62.6 Å². The second-order valence-corrected chi connectivity index (χ2v) is 21.1. The van der Waals surface area contributed by atoms with Crippen LogP contribution in [0.15, 0.2) is 206 Å². The summed E-state index contributed by atoms with van der Waals surface area (Å²) in [6.07, 6.45) is 4.69. The Morgan fingerprint density at radius 2 is 1.00 bits per heavy atom. The molecule has 13 nitrogen and oxygen atoms in total. The maximum Gasteiger partial charge on any atom is 0.205 e. The van der Waals surface area contributed by atoms with Crippen molar-refractivity contribution in [3.8, 4) is 56.8 Å². The first kappa shape index (κ1) is 50.6. The summed E-state index contributed by atoms with van der Waals surface area (Å²) in [5.74, 6) is 1.09. The van der Waals surface area contributed by atoms with E-state index < -0.39 is 5.82 Å². The molecule has 0 unspecified atom stereocenters. The van der Waals surface area contributed by atoms with Gasteiger partial charge in [-0.25, -0.2) is 19.3 Å². The molecule has 0 fully saturated rings. The van der Waals surface area contributed by atoms with Crippen LogP contribution in [0.2, 0.25) is 5.02 Å². The van der Waals surface area contributed by atoms with Crippen LogP contribution >= 0.6 is 45.6 Å². The van der Waals surface area contributed by atoms with Gasteiger partial charge in [0.15, 0.2) is 32.7 Å². The number of thiazole rings is 3. The van der Waals surface area contributed by atoms with E-state index in [0.717, 1.165) is 16.9 Å². The number of benzene rings is 5. The Morgan fingerprint density at radius 1 is 0.468 bits per heavy atom. The van der Waals surface area contributed by atoms with Gasteiger partial charge in [0.1, 0.15) is 49.1 Å². The predicted molar refractivity (Wildman–Crippen MR) is 306 cm³/mol. The third kappa shape index (κ3) is 10.8. The molecule has 12 aromatic rings. The minimum Gasteiger partial charge on any atom is -0.467 e. The molecule has 79 heavy (non-hydrogen) atoms. The third-order valence-corrected chi connectivity index (χ3v) is 16.1. The van der Waals surface area contributed by atoms with Gasteiger partial charge in [-0.3, -0.25) is 14.4 Å². The van der Waals surface area contributed by atoms with Crippen LogP contribution in [0.25, 0.3) is 56.8 Å². The summed E-state index contributed by atoms with van der Waals surface area (Å²) in [5.41, 5.74) is 5.50. The molecule has 7 aromatic heterocycles. The van der Waals surface area contributed by atoms with Crippen LogP contribution in [-0.4, -0.2) is 32.3 Å². The fourth-order valence-corrected chi connectivity index (χ4v) is 11.7. The van der Waals surface area contributed by atoms with E-state index in [0.29, 0.717) is 126 Å². The van der Waals surface area contributed by atoms with Gasteiger partial charge in [0.25, 0.3) is 0 Å². The summed E-state index contributed by atoms with van der Waals surface area (Å²) in [4.78, 5) is 57.0. The van der Waals surface area contributed by atoms with Crippen molar-refractivity contribution in [2.75, 3.05) is 16.0 Å². The lowest BCUT2D eigenvalue weighted by atomic mass is 10.0. The monoisotopic (exact) mass is 1120 g/mol. The normalized spacial score (nSPS) is 11.2. The van der Waals surface area contributed by atoms with E-state index >= 15 is 4.39 Å². The van der Waals surface area contributed by atoms with Gasteiger partial charge in [0.2, 0.25) is 17.3 Å². The first-order valence-corrected chi connectivity index (χ1v) is 27.4. The van der Waals surface area contributed by atoms with Gasteiger partial charge in [-0.2, -0.15) is 0 Å². The number of nitrogens with zero attached hydrogens (tertiary/aromatic N) is 3. The summed E-state index contributed by atoms with van der Waals surface area (Å²) in [6, 6.07) is 49.6. The van der Waals surface area contributed by atoms with Crippen molar-refractivity contribution in [2.45, 2.75) is 19.6 Å². The van der Waals surface area contributed by atoms with Crippen molar-refractivity contribution >= 4 is 78.4 Å². The van der Waals surface area contributed by atoms with Crippen LogP contribution in [0.3, 0.4) is 0 Å². The number of carbonyl (C=O) groups is 3. The topological polar surface area (TPSA) is 179 Å². The number of ketones is 3. The quantitative estimate of drug-likeness (QED) is 0.0615. The summed E-state index contributed by atoms with van der Waals surface area (Å²) >= 11 is 10.7. The molecule has 0 aliphatic heterocycles. The number of hydrogen-bond donors (Lipinski definition) is 3. The molecule has 0 saturated carbocycles. The molecular weight excluding hydrogens is 1080 g/mol. The standard InChI is InChI=1S/C61H40ClFN6O7S3/c62-49-40(32-65-60-67-50(46-22-12-28-74-46)56(77-60)53(70)35-13-4-1-5-14-35)19-10-21-43(49)41-30-48(75-34-41)52-58(55(72)37-17-8-3-9-18-37)79-59(69-52)64-31-39-24-23-38(29-44(39)63)45-25-26-47(76-45)51-57(54(71)36-15-6-2-7-16-36)78-61(68-51)66-33-42-20-11-27-73-42/h1-30,34H,31-33H2,(H,64,69)(H,65,67)(H,66,68). The predicted octanol–water partition coefficient (Wildman–Crippen LogP) is 16.1. The number of aromatic nitrogens is 3. The smallest absolute Gasteiger partial charge is 0.205 e. The Morgan fingerprint density at radius 3 is 1.56 bits per heavy atom. The van der Waals surface area contributed by atoms with E-state index in [2.05, 4.69) is 16.0 Å². The van der Waals surface area contributed by atoms with Crippen molar-refractivity contribution in [1.82, 2.24) is 15.0 Å². The molecule has 0 bridgehead atoms. The van der Waals surface area contributed by atoms with Gasteiger partial charge in [-0.15, -0.1) is 0 Å². The highest BCUT2D eigenvalue weighted by atomic mass is 35.5. The zero-order valence-electron chi connectivity index (χ0n) is 41.2. The molecule has 0 aliphatic rings. The van der Waals surface area contributed by atoms with Crippen LogP contribution in [0.5, 0.6) is 0 Å². The fraction of sp³-hybridized carbons (Fsp3) is 0.0492. The highest BCUT2D eigenvalue weighted by molar-refractivity contribution is 7.19. The molecule has 0 atom stereocenters. The lowest BCUT2D eigenvalue weighted by Crippen LogP contribution is -2.01. The maximum absolute atomic E-state index is 16.1. The molecule has 18 heteroatoms. The zero-order chi connectivity index (χ0) is 53.8. The highest BCUT2D eigenvalue weighted by Crippen LogP contribution is 2.41. The average molecular weight is 1120 g/mol. The number of furan rings is 4. The number of rotatable bonds is 20. The highest BCUT2D eigenvalue weighted by Gasteiger charge is 2.27. The van der Waals surface area contributed by atoms with E-state index in [1.54, 1.807) is 128 Å². The Labute approximate surface area is 467 Å². The Balaban J connectivity index is 0.767. The van der Waals surface area contributed by atoms with Gasteiger partial charge in [0, 0.05) is 52.0 Å². The number of halogens is 2. The maximum atomic E-state index is 16.1. The fourth-order valence-electron chi connectivity index (χ4n) is 8.65. The number of hydrogen-bond acceptors (Lipinski definition) is 16. The second kappa shape index (κ2) is 22.4. The Hall–Kier alpha value is -9.26. The van der Waals surface area contributed by atoms with Crippen LogP contribution in [0, 0.1) is 5.82 Å². The molecule has 388 valence electrons. The molecule has 0 spiro atoms. The van der Waals surface area contributed by atoms with Crippen molar-refractivity contribution in [3.63, 3.8) is 0 Å². The van der Waals surface area contributed by atoms with E-state index in [4.69, 9.17) is 44.2 Å². The lowest BCUT2D eigenvalue weighted by Gasteiger charge is -2.09. The SMILES string of the molecule is O=C(c1ccccc1)c1sc(NCc2ccc(-c3ccc(-c4nc(NCc5ccco5)sc4C(=O)c4ccccc4)o3)cc2F)nc1-c1cc(-c2cccc(CNc3nc(-c4ccco4)c(C(=O)c4ccccc4)s3)c2Cl)co1. The van der Waals surface area contributed by atoms with Crippen molar-refractivity contribution < 1.29 is 36.4 Å². The first-order valence-electron chi connectivity index (χ1n) is 24.6. The molecule has 0 aliphatic carbocycles. The van der Waals surface area contributed by atoms with Crippen molar-refractivity contribution in [2.24, 2.45) is 0 Å². The minimum atomic E-state index is -0.503. The summed E-state index contributed by atoms with van der Waals surface area (Å²) in [6.45, 7) is 0.686. The number of carbonyl (C=O) groups excluding carboxylic acids is 3. The summed E-state index contributed by atoms with van der Waals surface area (Å²) in [7, 11) is 0. The van der Waals surface area contributed by atoms with Gasteiger partial charge >= 0.3 is 0 Å². The number of anilines is 3. The second-order valence-electron chi connectivity index (χ2n) is 17.7. The van der Waals surface area contributed by atoms with E-state index in [-0.39, 0.29) is 30.4 Å². The Kier molecular flexibility index (Phi) is 14.3. The summed E-state index contributed by atoms with van der Waals surface area (Å²) < 4.78 is 39.6.